The Balaban J connectivity index is 1.60. The average molecular weight is 399 g/mol. The van der Waals surface area contributed by atoms with E-state index in [0.29, 0.717) is 35.0 Å². The fourth-order valence-corrected chi connectivity index (χ4v) is 3.47. The molecular formula is C20H19ClN4O3. The SMILES string of the molecule is O=C(Cn1c(=O)cnc2ccccc21)Nc1cc(Cl)ccc1N1CCOCC1. The van der Waals surface area contributed by atoms with E-state index < -0.39 is 0 Å². The number of halogens is 1. The maximum atomic E-state index is 12.7. The van der Waals surface area contributed by atoms with Crippen molar-refractivity contribution in [3.63, 3.8) is 0 Å². The number of fused-ring (bicyclic) bond motifs is 1. The van der Waals surface area contributed by atoms with Gasteiger partial charge in [-0.25, -0.2) is 4.98 Å². The third-order valence-corrected chi connectivity index (χ3v) is 4.87. The molecule has 8 heteroatoms. The Labute approximate surface area is 166 Å². The molecule has 2 heterocycles. The highest BCUT2D eigenvalue weighted by atomic mass is 35.5. The minimum atomic E-state index is -0.326. The van der Waals surface area contributed by atoms with E-state index in [0.717, 1.165) is 18.8 Å². The Bertz CT molecular complexity index is 1080. The number of anilines is 2. The number of nitrogens with zero attached hydrogens (tertiary/aromatic N) is 3. The first-order chi connectivity index (χ1) is 13.6. The molecule has 0 unspecified atom stereocenters. The summed E-state index contributed by atoms with van der Waals surface area (Å²) in [6, 6.07) is 12.6. The van der Waals surface area contributed by atoms with Gasteiger partial charge >= 0.3 is 0 Å². The number of amides is 1. The Morgan fingerprint density at radius 1 is 1.18 bits per heavy atom. The number of nitrogens with one attached hydrogen (secondary N) is 1. The second-order valence-electron chi connectivity index (χ2n) is 6.48. The maximum absolute atomic E-state index is 12.7. The number of ether oxygens (including phenoxy) is 1. The zero-order chi connectivity index (χ0) is 19.5. The molecule has 1 saturated heterocycles. The van der Waals surface area contributed by atoms with Crippen LogP contribution in [-0.4, -0.2) is 41.8 Å². The molecule has 0 saturated carbocycles. The van der Waals surface area contributed by atoms with Crippen LogP contribution in [0.1, 0.15) is 0 Å². The van der Waals surface area contributed by atoms with E-state index in [1.54, 1.807) is 24.3 Å². The molecule has 1 aliphatic rings. The Kier molecular flexibility index (Phi) is 5.27. The number of morpholine rings is 1. The summed E-state index contributed by atoms with van der Waals surface area (Å²) >= 11 is 6.14. The summed E-state index contributed by atoms with van der Waals surface area (Å²) in [5, 5.41) is 3.43. The Morgan fingerprint density at radius 2 is 1.96 bits per heavy atom. The van der Waals surface area contributed by atoms with Crippen molar-refractivity contribution in [3.05, 3.63) is 64.0 Å². The lowest BCUT2D eigenvalue weighted by Gasteiger charge is -2.30. The van der Waals surface area contributed by atoms with Gasteiger partial charge in [0, 0.05) is 18.1 Å². The van der Waals surface area contributed by atoms with Crippen molar-refractivity contribution < 1.29 is 9.53 Å². The van der Waals surface area contributed by atoms with Gasteiger partial charge in [-0.3, -0.25) is 14.2 Å². The first kappa shape index (κ1) is 18.5. The van der Waals surface area contributed by atoms with Gasteiger partial charge in [-0.05, 0) is 30.3 Å². The van der Waals surface area contributed by atoms with Gasteiger partial charge in [-0.2, -0.15) is 0 Å². The molecule has 7 nitrogen and oxygen atoms in total. The standard InChI is InChI=1S/C20H19ClN4O3/c21-14-5-6-17(24-7-9-28-10-8-24)16(11-14)23-19(26)13-25-18-4-2-1-3-15(18)22-12-20(25)27/h1-6,11-12H,7-10,13H2,(H,23,26). The van der Waals surface area contributed by atoms with Gasteiger partial charge in [-0.15, -0.1) is 0 Å². The van der Waals surface area contributed by atoms with E-state index in [2.05, 4.69) is 15.2 Å². The number of para-hydroxylation sites is 2. The molecule has 0 atom stereocenters. The lowest BCUT2D eigenvalue weighted by Crippen LogP contribution is -2.37. The lowest BCUT2D eigenvalue weighted by atomic mass is 10.2. The van der Waals surface area contributed by atoms with Crippen LogP contribution in [0.3, 0.4) is 0 Å². The predicted molar refractivity (Wildman–Crippen MR) is 109 cm³/mol. The molecule has 0 spiro atoms. The number of hydrogen-bond donors (Lipinski definition) is 1. The van der Waals surface area contributed by atoms with Crippen molar-refractivity contribution in [3.8, 4) is 0 Å². The van der Waals surface area contributed by atoms with Crippen molar-refractivity contribution in [1.29, 1.82) is 0 Å². The third kappa shape index (κ3) is 3.85. The Morgan fingerprint density at radius 3 is 2.79 bits per heavy atom. The number of aromatic nitrogens is 2. The van der Waals surface area contributed by atoms with Crippen LogP contribution in [0.25, 0.3) is 11.0 Å². The molecule has 0 radical (unpaired) electrons. The highest BCUT2D eigenvalue weighted by molar-refractivity contribution is 6.31. The molecular weight excluding hydrogens is 380 g/mol. The number of hydrogen-bond acceptors (Lipinski definition) is 5. The highest BCUT2D eigenvalue weighted by Crippen LogP contribution is 2.30. The molecule has 1 fully saturated rings. The van der Waals surface area contributed by atoms with Gasteiger partial charge in [0.15, 0.2) is 0 Å². The van der Waals surface area contributed by atoms with Gasteiger partial charge in [0.2, 0.25) is 5.91 Å². The van der Waals surface area contributed by atoms with Gasteiger partial charge in [-0.1, -0.05) is 23.7 Å². The average Bonchev–Trinajstić information content (AvgIpc) is 2.71. The largest absolute Gasteiger partial charge is 0.378 e. The predicted octanol–water partition coefficient (Wildman–Crippen LogP) is 2.53. The first-order valence-corrected chi connectivity index (χ1v) is 9.36. The smallest absolute Gasteiger partial charge is 0.269 e. The normalized spacial score (nSPS) is 14.2. The molecule has 1 amide bonds. The van der Waals surface area contributed by atoms with Crippen LogP contribution in [-0.2, 0) is 16.1 Å². The molecule has 0 aliphatic carbocycles. The summed E-state index contributed by atoms with van der Waals surface area (Å²) in [6.07, 6.45) is 1.23. The second-order valence-corrected chi connectivity index (χ2v) is 6.92. The van der Waals surface area contributed by atoms with Crippen LogP contribution >= 0.6 is 11.6 Å². The molecule has 3 aromatic rings. The van der Waals surface area contributed by atoms with Gasteiger partial charge < -0.3 is 15.0 Å². The van der Waals surface area contributed by atoms with Crippen LogP contribution in [0, 0.1) is 0 Å². The fraction of sp³-hybridized carbons (Fsp3) is 0.250. The lowest BCUT2D eigenvalue weighted by molar-refractivity contribution is -0.116. The highest BCUT2D eigenvalue weighted by Gasteiger charge is 2.17. The maximum Gasteiger partial charge on any atom is 0.269 e. The van der Waals surface area contributed by atoms with E-state index in [1.165, 1.54) is 10.8 Å². The first-order valence-electron chi connectivity index (χ1n) is 8.98. The van der Waals surface area contributed by atoms with Crippen LogP contribution in [0.2, 0.25) is 5.02 Å². The molecule has 2 aromatic carbocycles. The van der Waals surface area contributed by atoms with Crippen LogP contribution in [0.15, 0.2) is 53.5 Å². The zero-order valence-electron chi connectivity index (χ0n) is 15.1. The van der Waals surface area contributed by atoms with Gasteiger partial charge in [0.1, 0.15) is 6.54 Å². The molecule has 1 aliphatic heterocycles. The van der Waals surface area contributed by atoms with Crippen molar-refractivity contribution in [2.45, 2.75) is 6.54 Å². The van der Waals surface area contributed by atoms with Crippen molar-refractivity contribution >= 4 is 39.9 Å². The zero-order valence-corrected chi connectivity index (χ0v) is 15.9. The summed E-state index contributed by atoms with van der Waals surface area (Å²) < 4.78 is 6.81. The van der Waals surface area contributed by atoms with Crippen molar-refractivity contribution in [2.24, 2.45) is 0 Å². The van der Waals surface area contributed by atoms with E-state index in [1.807, 2.05) is 18.2 Å². The van der Waals surface area contributed by atoms with Crippen LogP contribution in [0.5, 0.6) is 0 Å². The number of carbonyl (C=O) groups is 1. The van der Waals surface area contributed by atoms with Crippen LogP contribution < -0.4 is 15.8 Å². The molecule has 0 bridgehead atoms. The minimum Gasteiger partial charge on any atom is -0.378 e. The molecule has 4 rings (SSSR count). The second kappa shape index (κ2) is 8.00. The topological polar surface area (TPSA) is 76.5 Å². The van der Waals surface area contributed by atoms with E-state index >= 15 is 0 Å². The van der Waals surface area contributed by atoms with E-state index in [-0.39, 0.29) is 18.0 Å². The summed E-state index contributed by atoms with van der Waals surface area (Å²) in [6.45, 7) is 2.62. The summed E-state index contributed by atoms with van der Waals surface area (Å²) in [7, 11) is 0. The summed E-state index contributed by atoms with van der Waals surface area (Å²) in [5.74, 6) is -0.310. The number of carbonyl (C=O) groups excluding carboxylic acids is 1. The fourth-order valence-electron chi connectivity index (χ4n) is 3.30. The third-order valence-electron chi connectivity index (χ3n) is 4.64. The van der Waals surface area contributed by atoms with Crippen LogP contribution in [0.4, 0.5) is 11.4 Å². The van der Waals surface area contributed by atoms with E-state index in [9.17, 15) is 9.59 Å². The van der Waals surface area contributed by atoms with Crippen molar-refractivity contribution in [1.82, 2.24) is 9.55 Å². The quantitative estimate of drug-likeness (QED) is 0.730. The van der Waals surface area contributed by atoms with E-state index in [4.69, 9.17) is 16.3 Å². The monoisotopic (exact) mass is 398 g/mol. The molecule has 28 heavy (non-hydrogen) atoms. The summed E-state index contributed by atoms with van der Waals surface area (Å²) in [4.78, 5) is 31.3. The van der Waals surface area contributed by atoms with Gasteiger partial charge in [0.05, 0.1) is 41.8 Å². The molecule has 1 N–H and O–H groups in total. The minimum absolute atomic E-state index is 0.114. The number of benzene rings is 2. The Hall–Kier alpha value is -2.90. The van der Waals surface area contributed by atoms with Crippen molar-refractivity contribution in [2.75, 3.05) is 36.5 Å². The van der Waals surface area contributed by atoms with Gasteiger partial charge in [0.25, 0.3) is 5.56 Å². The molecule has 1 aromatic heterocycles. The number of rotatable bonds is 4. The summed E-state index contributed by atoms with van der Waals surface area (Å²) in [5.41, 5.74) is 2.45. The molecule has 144 valence electrons.